The third-order valence-corrected chi connectivity index (χ3v) is 6.62. The Morgan fingerprint density at radius 2 is 1.62 bits per heavy atom. The maximum absolute atomic E-state index is 13.5. The number of thiol groups is 1. The number of nitrogens with zero attached hydrogens (tertiary/aromatic N) is 5. The second-order valence-electron chi connectivity index (χ2n) is 11.0. The number of benzene rings is 1. The summed E-state index contributed by atoms with van der Waals surface area (Å²) >= 11 is 3.53. The van der Waals surface area contributed by atoms with Crippen molar-refractivity contribution < 1.29 is 13.9 Å². The van der Waals surface area contributed by atoms with Gasteiger partial charge in [0.1, 0.15) is 22.9 Å². The van der Waals surface area contributed by atoms with Gasteiger partial charge in [0, 0.05) is 55.9 Å². The number of fused-ring (bicyclic) bond motifs is 1. The van der Waals surface area contributed by atoms with Crippen molar-refractivity contribution in [2.75, 3.05) is 42.7 Å². The molecule has 0 radical (unpaired) electrons. The number of carbonyl (C=O) groups excluding carboxylic acids is 1. The number of carbonyl (C=O) groups is 1. The molecule has 0 bridgehead atoms. The third kappa shape index (κ3) is 9.81. The molecule has 1 saturated heterocycles. The molecule has 0 unspecified atom stereocenters. The number of nitrogens with one attached hydrogen (secondary N) is 2. The smallest absolute Gasteiger partial charge is 0.410 e. The quantitative estimate of drug-likeness (QED) is 0.188. The van der Waals surface area contributed by atoms with E-state index in [2.05, 4.69) is 51.6 Å². The first kappa shape index (κ1) is 37.3. The van der Waals surface area contributed by atoms with E-state index in [1.807, 2.05) is 66.9 Å². The number of piperazine rings is 1. The molecule has 5 rings (SSSR count). The second kappa shape index (κ2) is 17.6. The van der Waals surface area contributed by atoms with Gasteiger partial charge < -0.3 is 24.8 Å². The van der Waals surface area contributed by atoms with Crippen LogP contribution in [0.2, 0.25) is 0 Å². The van der Waals surface area contributed by atoms with Crippen LogP contribution in [0.4, 0.5) is 26.4 Å². The normalized spacial score (nSPS) is 12.7. The first-order valence-electron chi connectivity index (χ1n) is 15.6. The molecule has 0 saturated carbocycles. The lowest BCUT2D eigenvalue weighted by Gasteiger charge is -2.36. The summed E-state index contributed by atoms with van der Waals surface area (Å²) in [6.45, 7) is 20.3. The van der Waals surface area contributed by atoms with E-state index in [-0.39, 0.29) is 17.8 Å². The van der Waals surface area contributed by atoms with E-state index >= 15 is 0 Å². The van der Waals surface area contributed by atoms with Gasteiger partial charge in [-0.1, -0.05) is 41.5 Å². The van der Waals surface area contributed by atoms with E-state index in [0.717, 1.165) is 33.5 Å². The van der Waals surface area contributed by atoms with Crippen LogP contribution in [0.3, 0.4) is 0 Å². The minimum absolute atomic E-state index is 0.179. The second-order valence-corrected chi connectivity index (χ2v) is 11.0. The number of aromatic nitrogens is 4. The minimum Gasteiger partial charge on any atom is -0.444 e. The van der Waals surface area contributed by atoms with Crippen LogP contribution in [0.5, 0.6) is 0 Å². The number of amides is 1. The van der Waals surface area contributed by atoms with Gasteiger partial charge in [-0.05, 0) is 63.3 Å². The summed E-state index contributed by atoms with van der Waals surface area (Å²) in [5, 5.41) is 4.48. The number of halogens is 1. The maximum Gasteiger partial charge on any atom is 0.410 e. The third-order valence-electron chi connectivity index (χ3n) is 6.62. The number of pyridine rings is 1. The number of hydrogen-bond acceptors (Lipinski definition) is 8. The van der Waals surface area contributed by atoms with Crippen LogP contribution in [-0.4, -0.2) is 69.0 Å². The number of aromatic amines is 1. The SMILES string of the molecule is CC.CC.CC(C)c1cnc(-c2ccc(F)cc2)nc1Nc1ccnc2[nH]cc(N3CCN(C(=O)OC(C)(C)C)CC3)c12.CS. The Morgan fingerprint density at radius 3 is 2.20 bits per heavy atom. The van der Waals surface area contributed by atoms with Crippen molar-refractivity contribution in [2.45, 2.75) is 73.8 Å². The molecular weight excluding hydrogens is 589 g/mol. The lowest BCUT2D eigenvalue weighted by atomic mass is 10.1. The van der Waals surface area contributed by atoms with E-state index < -0.39 is 5.60 Å². The standard InChI is InChI=1S/C29H34FN7O2.2C2H6.CH4S/c1-18(2)21-16-32-25(19-6-8-20(30)9-7-19)35-26(21)34-22-10-11-31-27-24(22)23(17-33-27)36-12-14-37(15-13-36)28(38)39-29(3,4)5;3*1-2/h6-11,16-18H,12-15H2,1-5H3,(H2,31,32,33,34,35);2*1-2H3;2H,1H3. The van der Waals surface area contributed by atoms with Gasteiger partial charge in [-0.2, -0.15) is 12.6 Å². The van der Waals surface area contributed by atoms with Gasteiger partial charge >= 0.3 is 6.09 Å². The largest absolute Gasteiger partial charge is 0.444 e. The molecule has 0 spiro atoms. The van der Waals surface area contributed by atoms with Crippen molar-refractivity contribution in [2.24, 2.45) is 0 Å². The highest BCUT2D eigenvalue weighted by Crippen LogP contribution is 2.36. The fraction of sp³-hybridized carbons (Fsp3) is 0.471. The Labute approximate surface area is 273 Å². The zero-order valence-electron chi connectivity index (χ0n) is 28.4. The highest BCUT2D eigenvalue weighted by molar-refractivity contribution is 7.79. The lowest BCUT2D eigenvalue weighted by molar-refractivity contribution is 0.0240. The Hall–Kier alpha value is -3.86. The summed E-state index contributed by atoms with van der Waals surface area (Å²) in [4.78, 5) is 33.7. The van der Waals surface area contributed by atoms with Crippen LogP contribution < -0.4 is 10.2 Å². The number of hydrogen-bond donors (Lipinski definition) is 3. The number of ether oxygens (including phenoxy) is 1. The van der Waals surface area contributed by atoms with Crippen LogP contribution in [0.15, 0.2) is 48.9 Å². The van der Waals surface area contributed by atoms with E-state index in [1.54, 1.807) is 29.5 Å². The first-order chi connectivity index (χ1) is 21.6. The Kier molecular flexibility index (Phi) is 14.6. The van der Waals surface area contributed by atoms with Gasteiger partial charge in [0.15, 0.2) is 5.82 Å². The summed E-state index contributed by atoms with van der Waals surface area (Å²) in [5.74, 6) is 1.08. The Bertz CT molecular complexity index is 1480. The lowest BCUT2D eigenvalue weighted by Crippen LogP contribution is -2.50. The van der Waals surface area contributed by atoms with Crippen LogP contribution in [0, 0.1) is 5.82 Å². The molecule has 1 aromatic carbocycles. The monoisotopic (exact) mass is 639 g/mol. The molecule has 1 fully saturated rings. The first-order valence-corrected chi connectivity index (χ1v) is 16.5. The van der Waals surface area contributed by atoms with E-state index in [9.17, 15) is 9.18 Å². The zero-order valence-corrected chi connectivity index (χ0v) is 29.3. The molecule has 2 N–H and O–H groups in total. The topological polar surface area (TPSA) is 99.3 Å². The molecule has 45 heavy (non-hydrogen) atoms. The van der Waals surface area contributed by atoms with E-state index in [0.29, 0.717) is 37.8 Å². The fourth-order valence-electron chi connectivity index (χ4n) is 4.63. The predicted octanol–water partition coefficient (Wildman–Crippen LogP) is 8.68. The van der Waals surface area contributed by atoms with Crippen molar-refractivity contribution in [3.8, 4) is 11.4 Å². The van der Waals surface area contributed by atoms with Gasteiger partial charge in [-0.15, -0.1) is 0 Å². The molecule has 4 aromatic rings. The fourth-order valence-corrected chi connectivity index (χ4v) is 4.63. The molecule has 1 aliphatic heterocycles. The summed E-state index contributed by atoms with van der Waals surface area (Å²) in [7, 11) is 0. The van der Waals surface area contributed by atoms with Crippen molar-refractivity contribution in [3.63, 3.8) is 0 Å². The van der Waals surface area contributed by atoms with Gasteiger partial charge in [0.2, 0.25) is 0 Å². The molecule has 3 aromatic heterocycles. The van der Waals surface area contributed by atoms with Crippen LogP contribution in [-0.2, 0) is 4.74 Å². The molecule has 0 aliphatic carbocycles. The summed E-state index contributed by atoms with van der Waals surface area (Å²) in [5.41, 5.74) is 3.79. The molecule has 1 aliphatic rings. The molecule has 0 atom stereocenters. The minimum atomic E-state index is -0.524. The number of rotatable bonds is 5. The maximum atomic E-state index is 13.5. The highest BCUT2D eigenvalue weighted by Gasteiger charge is 2.27. The van der Waals surface area contributed by atoms with Gasteiger partial charge in [0.05, 0.1) is 16.8 Å². The molecule has 9 nitrogen and oxygen atoms in total. The summed E-state index contributed by atoms with van der Waals surface area (Å²) < 4.78 is 19.0. The van der Waals surface area contributed by atoms with Crippen LogP contribution in [0.25, 0.3) is 22.4 Å². The summed E-state index contributed by atoms with van der Waals surface area (Å²) in [6, 6.07) is 8.09. The van der Waals surface area contributed by atoms with Crippen molar-refractivity contribution in [3.05, 3.63) is 60.3 Å². The Morgan fingerprint density at radius 1 is 1.00 bits per heavy atom. The van der Waals surface area contributed by atoms with E-state index in [4.69, 9.17) is 9.72 Å². The highest BCUT2D eigenvalue weighted by atomic mass is 32.1. The Balaban J connectivity index is 0.00000111. The predicted molar refractivity (Wildman–Crippen MR) is 189 cm³/mol. The zero-order chi connectivity index (χ0) is 33.7. The van der Waals surface area contributed by atoms with Gasteiger partial charge in [-0.25, -0.2) is 24.1 Å². The molecular formula is C34H50FN7O2S. The average molecular weight is 640 g/mol. The van der Waals surface area contributed by atoms with Crippen LogP contribution in [0.1, 0.15) is 73.8 Å². The average Bonchev–Trinajstić information content (AvgIpc) is 3.49. The summed E-state index contributed by atoms with van der Waals surface area (Å²) in [6.07, 6.45) is 6.94. The molecule has 246 valence electrons. The van der Waals surface area contributed by atoms with Crippen molar-refractivity contribution in [1.82, 2.24) is 24.8 Å². The van der Waals surface area contributed by atoms with Gasteiger partial charge in [0.25, 0.3) is 0 Å². The van der Waals surface area contributed by atoms with Crippen molar-refractivity contribution in [1.29, 1.82) is 0 Å². The van der Waals surface area contributed by atoms with Crippen molar-refractivity contribution >= 4 is 46.9 Å². The molecule has 4 heterocycles. The number of anilines is 3. The number of H-pyrrole nitrogens is 1. The van der Waals surface area contributed by atoms with Gasteiger partial charge in [-0.3, -0.25) is 0 Å². The van der Waals surface area contributed by atoms with Crippen LogP contribution >= 0.6 is 12.6 Å². The molecule has 11 heteroatoms. The molecule has 1 amide bonds. The van der Waals surface area contributed by atoms with E-state index in [1.165, 1.54) is 12.1 Å².